The van der Waals surface area contributed by atoms with Crippen LogP contribution >= 0.6 is 0 Å². The molecule has 3 nitrogen and oxygen atoms in total. The number of anilines is 1. The number of allylic oxidation sites excluding steroid dienone is 1. The van der Waals surface area contributed by atoms with Gasteiger partial charge in [-0.3, -0.25) is 4.79 Å². The van der Waals surface area contributed by atoms with Gasteiger partial charge in [0, 0.05) is 24.3 Å². The third kappa shape index (κ3) is 5.08. The van der Waals surface area contributed by atoms with E-state index in [2.05, 4.69) is 49.9 Å². The van der Waals surface area contributed by atoms with Crippen LogP contribution in [0.4, 0.5) is 5.69 Å². The third-order valence-electron chi connectivity index (χ3n) is 5.19. The van der Waals surface area contributed by atoms with Crippen molar-refractivity contribution in [3.05, 3.63) is 71.3 Å². The average molecular weight is 364 g/mol. The lowest BCUT2D eigenvalue weighted by Gasteiger charge is -2.31. The Labute approximate surface area is 162 Å². The molecule has 142 valence electrons. The zero-order valence-electron chi connectivity index (χ0n) is 16.5. The van der Waals surface area contributed by atoms with Crippen molar-refractivity contribution in [2.75, 3.05) is 18.0 Å². The van der Waals surface area contributed by atoms with Gasteiger partial charge in [0.25, 0.3) is 0 Å². The van der Waals surface area contributed by atoms with Gasteiger partial charge in [-0.1, -0.05) is 51.1 Å². The van der Waals surface area contributed by atoms with E-state index in [4.69, 9.17) is 0 Å². The molecule has 2 aromatic carbocycles. The summed E-state index contributed by atoms with van der Waals surface area (Å²) in [6.45, 7) is 8.29. The lowest BCUT2D eigenvalue weighted by molar-refractivity contribution is 0.104. The Morgan fingerprint density at radius 1 is 1.00 bits per heavy atom. The maximum absolute atomic E-state index is 12.4. The smallest absolute Gasteiger partial charge is 0.185 e. The van der Waals surface area contributed by atoms with Crippen molar-refractivity contribution in [2.45, 2.75) is 45.1 Å². The number of hydrogen-bond acceptors (Lipinski definition) is 3. The number of carbonyl (C=O) groups is 1. The van der Waals surface area contributed by atoms with Crippen LogP contribution in [0.3, 0.4) is 0 Å². The van der Waals surface area contributed by atoms with Crippen molar-refractivity contribution in [1.82, 2.24) is 0 Å². The quantitative estimate of drug-likeness (QED) is 0.624. The van der Waals surface area contributed by atoms with Crippen LogP contribution in [0.1, 0.15) is 55.1 Å². The number of carbonyl (C=O) groups excluding carboxylic acids is 1. The molecule has 1 fully saturated rings. The molecule has 0 saturated carbocycles. The van der Waals surface area contributed by atoms with Crippen LogP contribution in [-0.2, 0) is 5.41 Å². The minimum absolute atomic E-state index is 0.00974. The van der Waals surface area contributed by atoms with E-state index in [9.17, 15) is 9.90 Å². The molecule has 0 radical (unpaired) electrons. The average Bonchev–Trinajstić information content (AvgIpc) is 2.66. The number of rotatable bonds is 4. The van der Waals surface area contributed by atoms with Gasteiger partial charge in [0.15, 0.2) is 5.78 Å². The van der Waals surface area contributed by atoms with E-state index in [0.717, 1.165) is 37.2 Å². The number of benzene rings is 2. The number of piperidine rings is 1. The van der Waals surface area contributed by atoms with Crippen LogP contribution in [0, 0.1) is 0 Å². The molecule has 0 bridgehead atoms. The van der Waals surface area contributed by atoms with Gasteiger partial charge < -0.3 is 10.0 Å². The van der Waals surface area contributed by atoms with Gasteiger partial charge in [-0.2, -0.15) is 0 Å². The van der Waals surface area contributed by atoms with Gasteiger partial charge in [0.05, 0.1) is 6.10 Å². The summed E-state index contributed by atoms with van der Waals surface area (Å²) in [6.07, 6.45) is 4.94. The van der Waals surface area contributed by atoms with Crippen molar-refractivity contribution in [3.8, 4) is 0 Å². The van der Waals surface area contributed by atoms with Crippen LogP contribution in [0.5, 0.6) is 0 Å². The Hall–Kier alpha value is -2.39. The molecule has 1 N–H and O–H groups in total. The number of aliphatic hydroxyl groups is 1. The highest BCUT2D eigenvalue weighted by Gasteiger charge is 2.17. The van der Waals surface area contributed by atoms with Crippen molar-refractivity contribution in [2.24, 2.45) is 0 Å². The Morgan fingerprint density at radius 3 is 2.15 bits per heavy atom. The molecule has 0 aliphatic carbocycles. The van der Waals surface area contributed by atoms with Crippen LogP contribution in [0.2, 0.25) is 0 Å². The van der Waals surface area contributed by atoms with E-state index in [-0.39, 0.29) is 17.3 Å². The SMILES string of the molecule is CC(C)(C)c1ccc(/C=C/C(=O)c2ccc(N3CCC(O)CC3)cc2)cc1. The van der Waals surface area contributed by atoms with Crippen molar-refractivity contribution in [1.29, 1.82) is 0 Å². The summed E-state index contributed by atoms with van der Waals surface area (Å²) in [5, 5.41) is 9.62. The fourth-order valence-corrected chi connectivity index (χ4v) is 3.32. The molecular formula is C24H29NO2. The summed E-state index contributed by atoms with van der Waals surface area (Å²) in [7, 11) is 0. The monoisotopic (exact) mass is 363 g/mol. The predicted octanol–water partition coefficient (Wildman–Crippen LogP) is 4.84. The summed E-state index contributed by atoms with van der Waals surface area (Å²) >= 11 is 0. The second-order valence-corrected chi connectivity index (χ2v) is 8.33. The van der Waals surface area contributed by atoms with Gasteiger partial charge in [-0.05, 0) is 59.7 Å². The van der Waals surface area contributed by atoms with E-state index in [0.29, 0.717) is 5.56 Å². The van der Waals surface area contributed by atoms with Crippen LogP contribution < -0.4 is 4.90 Å². The number of hydrogen-bond donors (Lipinski definition) is 1. The summed E-state index contributed by atoms with van der Waals surface area (Å²) < 4.78 is 0. The molecule has 27 heavy (non-hydrogen) atoms. The Kier molecular flexibility index (Phi) is 5.81. The molecule has 0 amide bonds. The number of nitrogens with zero attached hydrogens (tertiary/aromatic N) is 1. The largest absolute Gasteiger partial charge is 0.393 e. The summed E-state index contributed by atoms with van der Waals surface area (Å²) in [6, 6.07) is 16.1. The first-order chi connectivity index (χ1) is 12.8. The maximum atomic E-state index is 12.4. The van der Waals surface area contributed by atoms with E-state index in [1.807, 2.05) is 30.3 Å². The molecule has 1 heterocycles. The lowest BCUT2D eigenvalue weighted by Crippen LogP contribution is -2.35. The molecule has 3 heteroatoms. The molecule has 0 unspecified atom stereocenters. The highest BCUT2D eigenvalue weighted by molar-refractivity contribution is 6.07. The molecule has 1 aliphatic rings. The molecule has 0 aromatic heterocycles. The third-order valence-corrected chi connectivity index (χ3v) is 5.19. The number of ketones is 1. The maximum Gasteiger partial charge on any atom is 0.185 e. The first-order valence-corrected chi connectivity index (χ1v) is 9.69. The topological polar surface area (TPSA) is 40.5 Å². The van der Waals surface area contributed by atoms with Gasteiger partial charge in [0.1, 0.15) is 0 Å². The summed E-state index contributed by atoms with van der Waals surface area (Å²) in [5.74, 6) is 0.00974. The van der Waals surface area contributed by atoms with E-state index in [1.165, 1.54) is 5.56 Å². The van der Waals surface area contributed by atoms with Crippen LogP contribution in [0.15, 0.2) is 54.6 Å². The minimum Gasteiger partial charge on any atom is -0.393 e. The molecule has 3 rings (SSSR count). The Balaban J connectivity index is 1.63. The fourth-order valence-electron chi connectivity index (χ4n) is 3.32. The van der Waals surface area contributed by atoms with E-state index in [1.54, 1.807) is 6.08 Å². The van der Waals surface area contributed by atoms with Crippen molar-refractivity contribution in [3.63, 3.8) is 0 Å². The van der Waals surface area contributed by atoms with E-state index < -0.39 is 0 Å². The summed E-state index contributed by atoms with van der Waals surface area (Å²) in [5.41, 5.74) is 4.25. The van der Waals surface area contributed by atoms with Crippen molar-refractivity contribution < 1.29 is 9.90 Å². The van der Waals surface area contributed by atoms with Gasteiger partial charge in [-0.25, -0.2) is 0 Å². The predicted molar refractivity (Wildman–Crippen MR) is 112 cm³/mol. The minimum atomic E-state index is -0.176. The highest BCUT2D eigenvalue weighted by atomic mass is 16.3. The zero-order chi connectivity index (χ0) is 19.4. The Bertz CT molecular complexity index is 790. The second kappa shape index (κ2) is 8.10. The molecule has 1 aliphatic heterocycles. The number of aliphatic hydroxyl groups excluding tert-OH is 1. The summed E-state index contributed by atoms with van der Waals surface area (Å²) in [4.78, 5) is 14.7. The lowest BCUT2D eigenvalue weighted by atomic mass is 9.87. The zero-order valence-corrected chi connectivity index (χ0v) is 16.5. The van der Waals surface area contributed by atoms with Gasteiger partial charge in [0.2, 0.25) is 0 Å². The van der Waals surface area contributed by atoms with E-state index >= 15 is 0 Å². The van der Waals surface area contributed by atoms with Gasteiger partial charge >= 0.3 is 0 Å². The molecular weight excluding hydrogens is 334 g/mol. The highest BCUT2D eigenvalue weighted by Crippen LogP contribution is 2.23. The molecule has 2 aromatic rings. The standard InChI is InChI=1S/C24H29NO2/c1-24(2,3)20-9-4-18(5-10-20)6-13-23(27)19-7-11-21(12-8-19)25-16-14-22(26)15-17-25/h4-13,22,26H,14-17H2,1-3H3/b13-6+. The first kappa shape index (κ1) is 19.4. The molecule has 0 spiro atoms. The fraction of sp³-hybridized carbons (Fsp3) is 0.375. The first-order valence-electron chi connectivity index (χ1n) is 9.69. The normalized spacial score (nSPS) is 16.1. The molecule has 0 atom stereocenters. The van der Waals surface area contributed by atoms with Crippen molar-refractivity contribution >= 4 is 17.5 Å². The van der Waals surface area contributed by atoms with Crippen LogP contribution in [0.25, 0.3) is 6.08 Å². The van der Waals surface area contributed by atoms with Gasteiger partial charge in [-0.15, -0.1) is 0 Å². The molecule has 1 saturated heterocycles. The Morgan fingerprint density at radius 2 is 1.59 bits per heavy atom. The second-order valence-electron chi connectivity index (χ2n) is 8.33. The van der Waals surface area contributed by atoms with Crippen LogP contribution in [-0.4, -0.2) is 30.1 Å².